The van der Waals surface area contributed by atoms with E-state index in [1.165, 1.54) is 24.3 Å². The molecule has 0 spiro atoms. The Balaban J connectivity index is 1.95. The van der Waals surface area contributed by atoms with Gasteiger partial charge in [-0.2, -0.15) is 0 Å². The molecule has 0 fully saturated rings. The summed E-state index contributed by atoms with van der Waals surface area (Å²) in [6.45, 7) is 2.27. The molecular weight excluding hydrogens is 293 g/mol. The number of aromatic nitrogens is 1. The minimum absolute atomic E-state index is 0.175. The number of nitrogens with zero attached hydrogens (tertiary/aromatic N) is 1. The van der Waals surface area contributed by atoms with E-state index in [4.69, 9.17) is 17.3 Å². The zero-order valence-electron chi connectivity index (χ0n) is 11.5. The number of hydrogen-bond acceptors (Lipinski definition) is 3. The standard InChI is InChI=1S/C15H15ClFN3O/c1-9-6-12(17)3-2-10(9)4-5-19-15(21)11-7-13(16)20-14(18)8-11/h2-3,6-8H,4-5H2,1H3,(H2,18,20)(H,19,21). The molecule has 2 rings (SSSR count). The van der Waals surface area contributed by atoms with Crippen LogP contribution >= 0.6 is 11.6 Å². The smallest absolute Gasteiger partial charge is 0.251 e. The minimum atomic E-state index is -0.272. The van der Waals surface area contributed by atoms with E-state index >= 15 is 0 Å². The average molecular weight is 308 g/mol. The summed E-state index contributed by atoms with van der Waals surface area (Å²) in [6.07, 6.45) is 0.617. The van der Waals surface area contributed by atoms with Crippen LogP contribution < -0.4 is 11.1 Å². The summed E-state index contributed by atoms with van der Waals surface area (Å²) >= 11 is 5.75. The Morgan fingerprint density at radius 2 is 2.14 bits per heavy atom. The number of hydrogen-bond donors (Lipinski definition) is 2. The highest BCUT2D eigenvalue weighted by Gasteiger charge is 2.08. The molecule has 4 nitrogen and oxygen atoms in total. The van der Waals surface area contributed by atoms with Crippen molar-refractivity contribution in [2.24, 2.45) is 0 Å². The van der Waals surface area contributed by atoms with Crippen LogP contribution in [0.1, 0.15) is 21.5 Å². The van der Waals surface area contributed by atoms with Gasteiger partial charge in [0.2, 0.25) is 0 Å². The lowest BCUT2D eigenvalue weighted by Gasteiger charge is -2.08. The van der Waals surface area contributed by atoms with Gasteiger partial charge in [-0.25, -0.2) is 9.37 Å². The van der Waals surface area contributed by atoms with Crippen LogP contribution in [0.4, 0.5) is 10.2 Å². The van der Waals surface area contributed by atoms with Gasteiger partial charge in [0.1, 0.15) is 16.8 Å². The van der Waals surface area contributed by atoms with Crippen LogP contribution in [-0.2, 0) is 6.42 Å². The van der Waals surface area contributed by atoms with Crippen LogP contribution in [0.3, 0.4) is 0 Å². The molecule has 0 aliphatic rings. The molecule has 0 bridgehead atoms. The fourth-order valence-electron chi connectivity index (χ4n) is 2.00. The van der Waals surface area contributed by atoms with Crippen molar-refractivity contribution in [3.05, 3.63) is 58.0 Å². The number of amides is 1. The Kier molecular flexibility index (Phi) is 4.75. The van der Waals surface area contributed by atoms with Gasteiger partial charge >= 0.3 is 0 Å². The molecular formula is C15H15ClFN3O. The Bertz CT molecular complexity index is 656. The summed E-state index contributed by atoms with van der Waals surface area (Å²) in [5, 5.41) is 2.94. The number of aryl methyl sites for hydroxylation is 1. The zero-order chi connectivity index (χ0) is 15.4. The van der Waals surface area contributed by atoms with E-state index in [0.29, 0.717) is 18.5 Å². The average Bonchev–Trinajstić information content (AvgIpc) is 2.40. The highest BCUT2D eigenvalue weighted by molar-refractivity contribution is 6.29. The maximum Gasteiger partial charge on any atom is 0.251 e. The number of pyridine rings is 1. The Labute approximate surface area is 127 Å². The first-order chi connectivity index (χ1) is 9.95. The van der Waals surface area contributed by atoms with Crippen molar-refractivity contribution >= 4 is 23.3 Å². The number of rotatable bonds is 4. The summed E-state index contributed by atoms with van der Waals surface area (Å²) in [5.74, 6) is -0.338. The molecule has 0 unspecified atom stereocenters. The number of halogens is 2. The van der Waals surface area contributed by atoms with Crippen molar-refractivity contribution in [3.8, 4) is 0 Å². The first-order valence-electron chi connectivity index (χ1n) is 6.42. The second kappa shape index (κ2) is 6.54. The molecule has 1 amide bonds. The van der Waals surface area contributed by atoms with Crippen molar-refractivity contribution in [3.63, 3.8) is 0 Å². The predicted octanol–water partition coefficient (Wildman–Crippen LogP) is 2.74. The van der Waals surface area contributed by atoms with Crippen molar-refractivity contribution in [2.45, 2.75) is 13.3 Å². The zero-order valence-corrected chi connectivity index (χ0v) is 12.2. The highest BCUT2D eigenvalue weighted by Crippen LogP contribution is 2.13. The molecule has 110 valence electrons. The SMILES string of the molecule is Cc1cc(F)ccc1CCNC(=O)c1cc(N)nc(Cl)c1. The molecule has 1 heterocycles. The number of nitrogen functional groups attached to an aromatic ring is 1. The number of nitrogens with one attached hydrogen (secondary N) is 1. The van der Waals surface area contributed by atoms with Gasteiger partial charge in [-0.1, -0.05) is 17.7 Å². The normalized spacial score (nSPS) is 10.4. The molecule has 0 saturated carbocycles. The topological polar surface area (TPSA) is 68.0 Å². The molecule has 6 heteroatoms. The van der Waals surface area contributed by atoms with Gasteiger partial charge in [0.05, 0.1) is 0 Å². The minimum Gasteiger partial charge on any atom is -0.384 e. The molecule has 1 aromatic carbocycles. The molecule has 2 aromatic rings. The van der Waals surface area contributed by atoms with E-state index in [0.717, 1.165) is 11.1 Å². The quantitative estimate of drug-likeness (QED) is 0.853. The first-order valence-corrected chi connectivity index (χ1v) is 6.80. The second-order valence-corrected chi connectivity index (χ2v) is 5.07. The molecule has 1 aromatic heterocycles. The summed E-state index contributed by atoms with van der Waals surface area (Å²) in [7, 11) is 0. The van der Waals surface area contributed by atoms with Gasteiger partial charge in [-0.05, 0) is 48.7 Å². The van der Waals surface area contributed by atoms with Crippen LogP contribution in [0, 0.1) is 12.7 Å². The third-order valence-electron chi connectivity index (χ3n) is 3.06. The molecule has 0 aliphatic heterocycles. The molecule has 3 N–H and O–H groups in total. The monoisotopic (exact) mass is 307 g/mol. The van der Waals surface area contributed by atoms with Gasteiger partial charge in [0.25, 0.3) is 5.91 Å². The van der Waals surface area contributed by atoms with Gasteiger partial charge in [-0.3, -0.25) is 4.79 Å². The number of carbonyl (C=O) groups is 1. The number of nitrogens with two attached hydrogens (primary N) is 1. The Hall–Kier alpha value is -2.14. The summed E-state index contributed by atoms with van der Waals surface area (Å²) in [5.41, 5.74) is 7.76. The molecule has 0 radical (unpaired) electrons. The number of carbonyl (C=O) groups excluding carboxylic acids is 1. The molecule has 0 atom stereocenters. The Morgan fingerprint density at radius 1 is 1.38 bits per heavy atom. The molecule has 21 heavy (non-hydrogen) atoms. The van der Waals surface area contributed by atoms with Gasteiger partial charge in [0.15, 0.2) is 0 Å². The van der Waals surface area contributed by atoms with E-state index in [1.807, 2.05) is 6.92 Å². The van der Waals surface area contributed by atoms with E-state index in [9.17, 15) is 9.18 Å². The third kappa shape index (κ3) is 4.16. The van der Waals surface area contributed by atoms with Crippen LogP contribution in [0.5, 0.6) is 0 Å². The highest BCUT2D eigenvalue weighted by atomic mass is 35.5. The lowest BCUT2D eigenvalue weighted by atomic mass is 10.1. The van der Waals surface area contributed by atoms with Crippen LogP contribution in [0.15, 0.2) is 30.3 Å². The Morgan fingerprint density at radius 3 is 2.81 bits per heavy atom. The van der Waals surface area contributed by atoms with E-state index in [2.05, 4.69) is 10.3 Å². The molecule has 0 aliphatic carbocycles. The summed E-state index contributed by atoms with van der Waals surface area (Å²) < 4.78 is 13.0. The maximum atomic E-state index is 13.0. The lowest BCUT2D eigenvalue weighted by Crippen LogP contribution is -2.26. The van der Waals surface area contributed by atoms with Gasteiger partial charge < -0.3 is 11.1 Å². The van der Waals surface area contributed by atoms with Crippen molar-refractivity contribution in [2.75, 3.05) is 12.3 Å². The van der Waals surface area contributed by atoms with Crippen molar-refractivity contribution < 1.29 is 9.18 Å². The van der Waals surface area contributed by atoms with E-state index < -0.39 is 0 Å². The largest absolute Gasteiger partial charge is 0.384 e. The predicted molar refractivity (Wildman–Crippen MR) is 80.8 cm³/mol. The van der Waals surface area contributed by atoms with E-state index in [-0.39, 0.29) is 22.7 Å². The number of anilines is 1. The van der Waals surface area contributed by atoms with Crippen LogP contribution in [0.2, 0.25) is 5.15 Å². The van der Waals surface area contributed by atoms with E-state index in [1.54, 1.807) is 6.07 Å². The summed E-state index contributed by atoms with van der Waals surface area (Å²) in [4.78, 5) is 15.8. The van der Waals surface area contributed by atoms with Gasteiger partial charge in [0, 0.05) is 12.1 Å². The first kappa shape index (κ1) is 15.3. The molecule has 0 saturated heterocycles. The van der Waals surface area contributed by atoms with Gasteiger partial charge in [-0.15, -0.1) is 0 Å². The van der Waals surface area contributed by atoms with Crippen molar-refractivity contribution in [1.82, 2.24) is 10.3 Å². The second-order valence-electron chi connectivity index (χ2n) is 4.68. The van der Waals surface area contributed by atoms with Crippen LogP contribution in [-0.4, -0.2) is 17.4 Å². The number of benzene rings is 1. The third-order valence-corrected chi connectivity index (χ3v) is 3.25. The maximum absolute atomic E-state index is 13.0. The fourth-order valence-corrected chi connectivity index (χ4v) is 2.22. The fraction of sp³-hybridized carbons (Fsp3) is 0.200. The van der Waals surface area contributed by atoms with Crippen molar-refractivity contribution in [1.29, 1.82) is 0 Å². The van der Waals surface area contributed by atoms with Crippen LogP contribution in [0.25, 0.3) is 0 Å². The lowest BCUT2D eigenvalue weighted by molar-refractivity contribution is 0.0954. The summed E-state index contributed by atoms with van der Waals surface area (Å²) in [6, 6.07) is 7.52.